The van der Waals surface area contributed by atoms with E-state index in [1.165, 1.54) is 13.2 Å². The van der Waals surface area contributed by atoms with Crippen LogP contribution in [0.15, 0.2) is 48.7 Å². The number of benzene rings is 2. The zero-order chi connectivity index (χ0) is 21.1. The number of halogens is 1. The zero-order valence-corrected chi connectivity index (χ0v) is 17.9. The molecule has 0 amide bonds. The third-order valence-electron chi connectivity index (χ3n) is 5.88. The lowest BCUT2D eigenvalue weighted by Crippen LogP contribution is -2.45. The van der Waals surface area contributed by atoms with Crippen LogP contribution in [-0.4, -0.2) is 59.4 Å². The highest BCUT2D eigenvalue weighted by Gasteiger charge is 2.20. The fraction of sp³-hybridized carbons (Fsp3) is 0.375. The van der Waals surface area contributed by atoms with Crippen LogP contribution < -0.4 is 4.74 Å². The van der Waals surface area contributed by atoms with Gasteiger partial charge in [0, 0.05) is 50.0 Å². The molecule has 158 valence electrons. The minimum atomic E-state index is -0.372. The van der Waals surface area contributed by atoms with Gasteiger partial charge in [-0.2, -0.15) is 5.10 Å². The number of ether oxygens (including phenoxy) is 1. The summed E-state index contributed by atoms with van der Waals surface area (Å²) in [5.41, 5.74) is 4.87. The molecule has 0 unspecified atom stereocenters. The van der Waals surface area contributed by atoms with Crippen molar-refractivity contribution in [2.75, 3.05) is 39.8 Å². The van der Waals surface area contributed by atoms with Gasteiger partial charge in [0.05, 0.1) is 18.5 Å². The van der Waals surface area contributed by atoms with Crippen molar-refractivity contribution in [3.05, 3.63) is 65.6 Å². The van der Waals surface area contributed by atoms with Gasteiger partial charge in [-0.1, -0.05) is 25.1 Å². The molecule has 0 spiro atoms. The summed E-state index contributed by atoms with van der Waals surface area (Å²) in [7, 11) is 1.48. The highest BCUT2D eigenvalue weighted by molar-refractivity contribution is 5.64. The number of rotatable bonds is 6. The first-order valence-corrected chi connectivity index (χ1v) is 10.5. The van der Waals surface area contributed by atoms with E-state index in [9.17, 15) is 4.39 Å². The molecule has 1 aliphatic heterocycles. The van der Waals surface area contributed by atoms with Gasteiger partial charge in [-0.3, -0.25) is 4.90 Å². The van der Waals surface area contributed by atoms with Crippen LogP contribution in [0.3, 0.4) is 0 Å². The Bertz CT molecular complexity index is 1010. The summed E-state index contributed by atoms with van der Waals surface area (Å²) in [5.74, 6) is -0.128. The highest BCUT2D eigenvalue weighted by Crippen LogP contribution is 2.29. The molecule has 0 atom stereocenters. The van der Waals surface area contributed by atoms with Crippen molar-refractivity contribution in [1.29, 1.82) is 0 Å². The Kier molecular flexibility index (Phi) is 6.16. The molecule has 2 heterocycles. The standard InChI is InChI=1S/C24H29FN4O/c1-4-27-11-13-28(14-12-27)16-20-17-29(22-8-6-5-7-18(22)2)26-24(20)19-9-10-23(30-3)21(25)15-19/h5-10,15,17H,4,11-14,16H2,1-3H3. The van der Waals surface area contributed by atoms with Gasteiger partial charge in [0.25, 0.3) is 0 Å². The van der Waals surface area contributed by atoms with E-state index in [2.05, 4.69) is 42.0 Å². The van der Waals surface area contributed by atoms with E-state index in [0.717, 1.165) is 67.3 Å². The molecular weight excluding hydrogens is 379 g/mol. The molecule has 0 saturated carbocycles. The Hall–Kier alpha value is -2.70. The van der Waals surface area contributed by atoms with Gasteiger partial charge in [0.15, 0.2) is 11.6 Å². The first-order chi connectivity index (χ1) is 14.6. The monoisotopic (exact) mass is 408 g/mol. The highest BCUT2D eigenvalue weighted by atomic mass is 19.1. The Morgan fingerprint density at radius 3 is 2.43 bits per heavy atom. The number of likely N-dealkylation sites (N-methyl/N-ethyl adjacent to an activating group) is 1. The van der Waals surface area contributed by atoms with Gasteiger partial charge < -0.3 is 9.64 Å². The summed E-state index contributed by atoms with van der Waals surface area (Å²) in [6.45, 7) is 10.4. The second-order valence-corrected chi connectivity index (χ2v) is 7.79. The molecule has 1 aliphatic rings. The Morgan fingerprint density at radius 2 is 1.77 bits per heavy atom. The second kappa shape index (κ2) is 8.98. The summed E-state index contributed by atoms with van der Waals surface area (Å²) in [6.07, 6.45) is 2.09. The van der Waals surface area contributed by atoms with Crippen LogP contribution in [0.2, 0.25) is 0 Å². The number of hydrogen-bond acceptors (Lipinski definition) is 4. The van der Waals surface area contributed by atoms with Crippen molar-refractivity contribution in [3.8, 4) is 22.7 Å². The molecule has 2 aromatic carbocycles. The molecule has 1 aromatic heterocycles. The van der Waals surface area contributed by atoms with Crippen molar-refractivity contribution < 1.29 is 9.13 Å². The molecule has 0 aliphatic carbocycles. The number of nitrogens with zero attached hydrogens (tertiary/aromatic N) is 4. The van der Waals surface area contributed by atoms with Crippen molar-refractivity contribution in [3.63, 3.8) is 0 Å². The number of methoxy groups -OCH3 is 1. The van der Waals surface area contributed by atoms with Gasteiger partial charge in [-0.15, -0.1) is 0 Å². The lowest BCUT2D eigenvalue weighted by atomic mass is 10.1. The Labute approximate surface area is 177 Å². The Balaban J connectivity index is 1.70. The normalized spacial score (nSPS) is 15.5. The molecule has 6 heteroatoms. The first kappa shape index (κ1) is 20.6. The fourth-order valence-corrected chi connectivity index (χ4v) is 4.03. The molecule has 4 rings (SSSR count). The number of para-hydroxylation sites is 1. The summed E-state index contributed by atoms with van der Waals surface area (Å²) >= 11 is 0. The van der Waals surface area contributed by atoms with E-state index in [1.807, 2.05) is 22.9 Å². The number of piperazine rings is 1. The summed E-state index contributed by atoms with van der Waals surface area (Å²) in [4.78, 5) is 4.92. The molecule has 1 fully saturated rings. The van der Waals surface area contributed by atoms with Crippen LogP contribution in [0.4, 0.5) is 4.39 Å². The summed E-state index contributed by atoms with van der Waals surface area (Å²) < 4.78 is 21.4. The third-order valence-corrected chi connectivity index (χ3v) is 5.88. The van der Waals surface area contributed by atoms with Crippen LogP contribution in [0.25, 0.3) is 16.9 Å². The molecule has 30 heavy (non-hydrogen) atoms. The summed E-state index contributed by atoms with van der Waals surface area (Å²) in [6, 6.07) is 13.2. The fourth-order valence-electron chi connectivity index (χ4n) is 4.03. The van der Waals surface area contributed by atoms with Crippen molar-refractivity contribution >= 4 is 0 Å². The van der Waals surface area contributed by atoms with E-state index >= 15 is 0 Å². The van der Waals surface area contributed by atoms with Crippen molar-refractivity contribution in [1.82, 2.24) is 19.6 Å². The lowest BCUT2D eigenvalue weighted by molar-refractivity contribution is 0.132. The maximum atomic E-state index is 14.4. The molecule has 0 N–H and O–H groups in total. The van der Waals surface area contributed by atoms with Crippen molar-refractivity contribution in [2.45, 2.75) is 20.4 Å². The maximum Gasteiger partial charge on any atom is 0.165 e. The minimum absolute atomic E-state index is 0.245. The van der Waals surface area contributed by atoms with Crippen LogP contribution in [0, 0.1) is 12.7 Å². The average Bonchev–Trinajstić information content (AvgIpc) is 3.18. The topological polar surface area (TPSA) is 33.5 Å². The van der Waals surface area contributed by atoms with Crippen molar-refractivity contribution in [2.24, 2.45) is 0 Å². The number of hydrogen-bond donors (Lipinski definition) is 0. The zero-order valence-electron chi connectivity index (χ0n) is 17.9. The van der Waals surface area contributed by atoms with Gasteiger partial charge in [0.1, 0.15) is 0 Å². The number of aromatic nitrogens is 2. The van der Waals surface area contributed by atoms with E-state index in [-0.39, 0.29) is 11.6 Å². The lowest BCUT2D eigenvalue weighted by Gasteiger charge is -2.33. The molecule has 3 aromatic rings. The molecule has 1 saturated heterocycles. The average molecular weight is 409 g/mol. The van der Waals surface area contributed by atoms with Crippen LogP contribution >= 0.6 is 0 Å². The minimum Gasteiger partial charge on any atom is -0.494 e. The molecule has 0 bridgehead atoms. The van der Waals surface area contributed by atoms with E-state index in [1.54, 1.807) is 6.07 Å². The molecular formula is C24H29FN4O. The number of aryl methyl sites for hydroxylation is 1. The SMILES string of the molecule is CCN1CCN(Cc2cn(-c3ccccc3C)nc2-c2ccc(OC)c(F)c2)CC1. The van der Waals surface area contributed by atoms with Crippen LogP contribution in [0.5, 0.6) is 5.75 Å². The predicted molar refractivity (Wildman–Crippen MR) is 118 cm³/mol. The third kappa shape index (κ3) is 4.25. The Morgan fingerprint density at radius 1 is 1.03 bits per heavy atom. The van der Waals surface area contributed by atoms with Gasteiger partial charge in [0.2, 0.25) is 0 Å². The summed E-state index contributed by atoms with van der Waals surface area (Å²) in [5, 5.41) is 4.88. The molecule has 0 radical (unpaired) electrons. The first-order valence-electron chi connectivity index (χ1n) is 10.5. The smallest absolute Gasteiger partial charge is 0.165 e. The van der Waals surface area contributed by atoms with E-state index in [4.69, 9.17) is 9.84 Å². The van der Waals surface area contributed by atoms with Gasteiger partial charge >= 0.3 is 0 Å². The van der Waals surface area contributed by atoms with Crippen LogP contribution in [-0.2, 0) is 6.54 Å². The van der Waals surface area contributed by atoms with E-state index in [0.29, 0.717) is 0 Å². The second-order valence-electron chi connectivity index (χ2n) is 7.79. The van der Waals surface area contributed by atoms with Gasteiger partial charge in [-0.05, 0) is 43.3 Å². The molecule has 5 nitrogen and oxygen atoms in total. The predicted octanol–water partition coefficient (Wildman–Crippen LogP) is 4.13. The van der Waals surface area contributed by atoms with E-state index < -0.39 is 0 Å². The maximum absolute atomic E-state index is 14.4. The quantitative estimate of drug-likeness (QED) is 0.614. The largest absolute Gasteiger partial charge is 0.494 e. The van der Waals surface area contributed by atoms with Gasteiger partial charge in [-0.25, -0.2) is 9.07 Å². The van der Waals surface area contributed by atoms with Crippen LogP contribution in [0.1, 0.15) is 18.1 Å².